The van der Waals surface area contributed by atoms with Gasteiger partial charge in [0.25, 0.3) is 0 Å². The van der Waals surface area contributed by atoms with Gasteiger partial charge >= 0.3 is 0 Å². The molecule has 3 nitrogen and oxygen atoms in total. The zero-order chi connectivity index (χ0) is 14.8. The van der Waals surface area contributed by atoms with Crippen LogP contribution >= 0.6 is 0 Å². The first-order chi connectivity index (χ1) is 10.2. The third-order valence-electron chi connectivity index (χ3n) is 3.78. The lowest BCUT2D eigenvalue weighted by atomic mass is 9.92. The zero-order valence-electron chi connectivity index (χ0n) is 11.4. The molecule has 104 valence electrons. The Bertz CT molecular complexity index is 835. The Morgan fingerprint density at radius 3 is 2.24 bits per heavy atom. The number of rotatable bonds is 3. The molecule has 2 atom stereocenters. The van der Waals surface area contributed by atoms with E-state index in [0.717, 1.165) is 21.5 Å². The fraction of sp³-hybridized carbons (Fsp3) is 0.167. The number of aliphatic hydroxyl groups is 2. The third-order valence-corrected chi connectivity index (χ3v) is 3.78. The van der Waals surface area contributed by atoms with Crippen molar-refractivity contribution < 1.29 is 10.2 Å². The average Bonchev–Trinajstić information content (AvgIpc) is 2.53. The Kier molecular flexibility index (Phi) is 3.57. The normalized spacial score (nSPS) is 14.0. The summed E-state index contributed by atoms with van der Waals surface area (Å²) in [6.07, 6.45) is -2.25. The molecule has 0 heterocycles. The van der Waals surface area contributed by atoms with Crippen LogP contribution in [0, 0.1) is 11.3 Å². The summed E-state index contributed by atoms with van der Waals surface area (Å²) < 4.78 is 0. The molecule has 21 heavy (non-hydrogen) atoms. The number of aliphatic hydroxyl groups excluding tert-OH is 2. The van der Waals surface area contributed by atoms with E-state index in [1.54, 1.807) is 0 Å². The van der Waals surface area contributed by atoms with Gasteiger partial charge in [0.1, 0.15) is 6.10 Å². The van der Waals surface area contributed by atoms with Crippen LogP contribution in [0.4, 0.5) is 0 Å². The van der Waals surface area contributed by atoms with Crippen LogP contribution in [0.25, 0.3) is 21.5 Å². The predicted molar refractivity (Wildman–Crippen MR) is 82.7 cm³/mol. The minimum atomic E-state index is -1.08. The summed E-state index contributed by atoms with van der Waals surface area (Å²) in [5, 5.41) is 33.1. The van der Waals surface area contributed by atoms with Crippen LogP contribution in [0.1, 0.15) is 18.1 Å². The van der Waals surface area contributed by atoms with Gasteiger partial charge in [0.05, 0.1) is 18.6 Å². The summed E-state index contributed by atoms with van der Waals surface area (Å²) >= 11 is 0. The van der Waals surface area contributed by atoms with E-state index >= 15 is 0 Å². The second-order valence-corrected chi connectivity index (χ2v) is 5.11. The van der Waals surface area contributed by atoms with E-state index in [2.05, 4.69) is 0 Å². The minimum Gasteiger partial charge on any atom is -0.389 e. The maximum Gasteiger partial charge on any atom is 0.106 e. The quantitative estimate of drug-likeness (QED) is 0.722. The predicted octanol–water partition coefficient (Wildman–Crippen LogP) is 3.30. The highest BCUT2D eigenvalue weighted by Crippen LogP contribution is 2.33. The average molecular weight is 277 g/mol. The first kappa shape index (κ1) is 13.6. The van der Waals surface area contributed by atoms with E-state index in [9.17, 15) is 10.2 Å². The maximum atomic E-state index is 10.4. The van der Waals surface area contributed by atoms with Gasteiger partial charge in [0, 0.05) is 0 Å². The smallest absolute Gasteiger partial charge is 0.106 e. The molecular formula is C18H15NO2. The summed E-state index contributed by atoms with van der Waals surface area (Å²) in [6.45, 7) is 0. The van der Waals surface area contributed by atoms with Gasteiger partial charge in [-0.05, 0) is 33.2 Å². The van der Waals surface area contributed by atoms with E-state index in [1.807, 2.05) is 60.7 Å². The van der Waals surface area contributed by atoms with Crippen molar-refractivity contribution in [2.75, 3.05) is 0 Å². The van der Waals surface area contributed by atoms with Crippen LogP contribution in [0.2, 0.25) is 0 Å². The second kappa shape index (κ2) is 5.53. The van der Waals surface area contributed by atoms with E-state index in [-0.39, 0.29) is 6.42 Å². The molecular weight excluding hydrogens is 262 g/mol. The van der Waals surface area contributed by atoms with E-state index < -0.39 is 12.2 Å². The fourth-order valence-electron chi connectivity index (χ4n) is 2.74. The first-order valence-corrected chi connectivity index (χ1v) is 6.86. The molecule has 3 rings (SSSR count). The van der Waals surface area contributed by atoms with Gasteiger partial charge < -0.3 is 10.2 Å². The standard InChI is InChI=1S/C18H15NO2/c19-10-9-17(20)18(21)16-11-12-5-1-2-6-13(12)14-7-3-4-8-15(14)16/h1-8,11,17-18,20-21H,9H2. The number of fused-ring (bicyclic) bond motifs is 3. The van der Waals surface area contributed by atoms with Gasteiger partial charge in [-0.15, -0.1) is 0 Å². The maximum absolute atomic E-state index is 10.4. The first-order valence-electron chi connectivity index (χ1n) is 6.86. The largest absolute Gasteiger partial charge is 0.389 e. The van der Waals surface area contributed by atoms with Crippen LogP contribution in [0.3, 0.4) is 0 Å². The molecule has 0 aliphatic rings. The zero-order valence-corrected chi connectivity index (χ0v) is 11.4. The third kappa shape index (κ3) is 2.36. The summed E-state index contributed by atoms with van der Waals surface area (Å²) in [6, 6.07) is 19.5. The number of hydrogen-bond donors (Lipinski definition) is 2. The van der Waals surface area contributed by atoms with Crippen LogP contribution in [-0.4, -0.2) is 16.3 Å². The van der Waals surface area contributed by atoms with Crippen molar-refractivity contribution in [3.8, 4) is 6.07 Å². The molecule has 2 unspecified atom stereocenters. The van der Waals surface area contributed by atoms with Crippen LogP contribution in [-0.2, 0) is 0 Å². The molecule has 3 aromatic carbocycles. The number of nitriles is 1. The summed E-state index contributed by atoms with van der Waals surface area (Å²) in [7, 11) is 0. The van der Waals surface area contributed by atoms with Crippen molar-refractivity contribution in [2.24, 2.45) is 0 Å². The molecule has 0 fully saturated rings. The Labute approximate surface area is 122 Å². The van der Waals surface area contributed by atoms with E-state index in [4.69, 9.17) is 5.26 Å². The number of benzene rings is 3. The molecule has 2 N–H and O–H groups in total. The number of nitrogens with zero attached hydrogens (tertiary/aromatic N) is 1. The highest BCUT2D eigenvalue weighted by atomic mass is 16.3. The van der Waals surface area contributed by atoms with Gasteiger partial charge in [0.15, 0.2) is 0 Å². The fourth-order valence-corrected chi connectivity index (χ4v) is 2.74. The molecule has 0 saturated carbocycles. The SMILES string of the molecule is N#CCC(O)C(O)c1cc2ccccc2c2ccccc12. The molecule has 0 bridgehead atoms. The van der Waals surface area contributed by atoms with Crippen molar-refractivity contribution >= 4 is 21.5 Å². The molecule has 0 aromatic heterocycles. The van der Waals surface area contributed by atoms with Gasteiger partial charge in [-0.2, -0.15) is 5.26 Å². The van der Waals surface area contributed by atoms with Crippen LogP contribution in [0.5, 0.6) is 0 Å². The summed E-state index contributed by atoms with van der Waals surface area (Å²) in [4.78, 5) is 0. The summed E-state index contributed by atoms with van der Waals surface area (Å²) in [5.41, 5.74) is 0.659. The van der Waals surface area contributed by atoms with Crippen molar-refractivity contribution in [3.05, 3.63) is 60.2 Å². The molecule has 0 aliphatic heterocycles. The Hall–Kier alpha value is -2.41. The van der Waals surface area contributed by atoms with Crippen LogP contribution < -0.4 is 0 Å². The van der Waals surface area contributed by atoms with Crippen molar-refractivity contribution in [3.63, 3.8) is 0 Å². The Morgan fingerprint density at radius 2 is 1.52 bits per heavy atom. The van der Waals surface area contributed by atoms with Crippen LogP contribution in [0.15, 0.2) is 54.6 Å². The van der Waals surface area contributed by atoms with E-state index in [0.29, 0.717) is 5.56 Å². The lowest BCUT2D eigenvalue weighted by molar-refractivity contribution is 0.0226. The Balaban J connectivity index is 2.28. The topological polar surface area (TPSA) is 64.2 Å². The molecule has 0 aliphatic carbocycles. The van der Waals surface area contributed by atoms with Gasteiger partial charge in [-0.25, -0.2) is 0 Å². The minimum absolute atomic E-state index is 0.0949. The van der Waals surface area contributed by atoms with Crippen molar-refractivity contribution in [1.82, 2.24) is 0 Å². The van der Waals surface area contributed by atoms with Gasteiger partial charge in [-0.1, -0.05) is 48.5 Å². The van der Waals surface area contributed by atoms with E-state index in [1.165, 1.54) is 0 Å². The molecule has 3 aromatic rings. The van der Waals surface area contributed by atoms with Gasteiger partial charge in [0.2, 0.25) is 0 Å². The molecule has 0 saturated heterocycles. The highest BCUT2D eigenvalue weighted by molar-refractivity contribution is 6.09. The van der Waals surface area contributed by atoms with Crippen molar-refractivity contribution in [1.29, 1.82) is 5.26 Å². The summed E-state index contributed by atoms with van der Waals surface area (Å²) in [5.74, 6) is 0. The second-order valence-electron chi connectivity index (χ2n) is 5.11. The lowest BCUT2D eigenvalue weighted by Crippen LogP contribution is -2.17. The van der Waals surface area contributed by atoms with Gasteiger partial charge in [-0.3, -0.25) is 0 Å². The lowest BCUT2D eigenvalue weighted by Gasteiger charge is -2.19. The molecule has 3 heteroatoms. The molecule has 0 spiro atoms. The Morgan fingerprint density at radius 1 is 0.905 bits per heavy atom. The monoisotopic (exact) mass is 277 g/mol. The molecule has 0 amide bonds. The number of hydrogen-bond acceptors (Lipinski definition) is 3. The van der Waals surface area contributed by atoms with Crippen molar-refractivity contribution in [2.45, 2.75) is 18.6 Å². The molecule has 0 radical (unpaired) electrons. The highest BCUT2D eigenvalue weighted by Gasteiger charge is 2.21.